The Morgan fingerprint density at radius 1 is 1.18 bits per heavy atom. The van der Waals surface area contributed by atoms with E-state index in [0.717, 1.165) is 50.2 Å². The second-order valence-corrected chi connectivity index (χ2v) is 7.67. The zero-order chi connectivity index (χ0) is 16.4. The van der Waals surface area contributed by atoms with Crippen LogP contribution in [0.15, 0.2) is 29.2 Å². The highest BCUT2D eigenvalue weighted by atomic mass is 32.2. The lowest BCUT2D eigenvalue weighted by Gasteiger charge is -2.34. The topological polar surface area (TPSA) is 58.2 Å². The van der Waals surface area contributed by atoms with Gasteiger partial charge in [0, 0.05) is 6.54 Å². The molecule has 2 N–H and O–H groups in total. The highest BCUT2D eigenvalue weighted by Gasteiger charge is 2.31. The number of benzene rings is 1. The maximum Gasteiger partial charge on any atom is 0.416 e. The molecule has 0 atom stereocenters. The Kier molecular flexibility index (Phi) is 4.84. The van der Waals surface area contributed by atoms with Gasteiger partial charge < -0.3 is 5.32 Å². The quantitative estimate of drug-likeness (QED) is 0.887. The van der Waals surface area contributed by atoms with E-state index in [1.807, 2.05) is 6.92 Å². The Morgan fingerprint density at radius 2 is 1.73 bits per heavy atom. The van der Waals surface area contributed by atoms with Crippen molar-refractivity contribution >= 4 is 10.0 Å². The van der Waals surface area contributed by atoms with Crippen molar-refractivity contribution in [3.63, 3.8) is 0 Å². The van der Waals surface area contributed by atoms with Crippen LogP contribution in [-0.2, 0) is 16.2 Å². The van der Waals surface area contributed by atoms with Crippen LogP contribution in [0.1, 0.15) is 25.3 Å². The van der Waals surface area contributed by atoms with Crippen LogP contribution in [0.25, 0.3) is 0 Å². The van der Waals surface area contributed by atoms with E-state index in [0.29, 0.717) is 0 Å². The summed E-state index contributed by atoms with van der Waals surface area (Å²) >= 11 is 0. The van der Waals surface area contributed by atoms with E-state index in [1.54, 1.807) is 0 Å². The number of nitrogens with one attached hydrogen (secondary N) is 2. The first-order chi connectivity index (χ1) is 10.1. The third-order valence-corrected chi connectivity index (χ3v) is 5.41. The van der Waals surface area contributed by atoms with Crippen molar-refractivity contribution in [2.75, 3.05) is 19.6 Å². The fourth-order valence-corrected chi connectivity index (χ4v) is 3.58. The molecule has 124 valence electrons. The van der Waals surface area contributed by atoms with Crippen molar-refractivity contribution in [2.24, 2.45) is 5.41 Å². The summed E-state index contributed by atoms with van der Waals surface area (Å²) < 4.78 is 64.3. The fourth-order valence-electron chi connectivity index (χ4n) is 2.38. The maximum atomic E-state index is 12.5. The Morgan fingerprint density at radius 3 is 2.23 bits per heavy atom. The van der Waals surface area contributed by atoms with Crippen LogP contribution < -0.4 is 10.0 Å². The van der Waals surface area contributed by atoms with Crippen LogP contribution in [0.4, 0.5) is 13.2 Å². The van der Waals surface area contributed by atoms with Crippen LogP contribution in [0, 0.1) is 5.41 Å². The molecule has 22 heavy (non-hydrogen) atoms. The molecule has 0 bridgehead atoms. The van der Waals surface area contributed by atoms with Gasteiger partial charge in [-0.25, -0.2) is 13.1 Å². The number of hydrogen-bond acceptors (Lipinski definition) is 3. The predicted octanol–water partition coefficient (Wildman–Crippen LogP) is 2.37. The first-order valence-electron chi connectivity index (χ1n) is 7.00. The van der Waals surface area contributed by atoms with E-state index < -0.39 is 21.8 Å². The second kappa shape index (κ2) is 6.17. The standard InChI is InChI=1S/C14H19F3N2O2S/c1-13(6-8-18-9-7-13)10-19-22(20,21)12-4-2-11(3-5-12)14(15,16)17/h2-5,18-19H,6-10H2,1H3. The molecule has 1 saturated heterocycles. The van der Waals surface area contributed by atoms with Gasteiger partial charge in [-0.05, 0) is 55.6 Å². The Balaban J connectivity index is 2.07. The summed E-state index contributed by atoms with van der Waals surface area (Å²) in [7, 11) is -3.80. The zero-order valence-corrected chi connectivity index (χ0v) is 13.0. The molecule has 1 aromatic carbocycles. The van der Waals surface area contributed by atoms with Gasteiger partial charge in [-0.3, -0.25) is 0 Å². The van der Waals surface area contributed by atoms with E-state index in [2.05, 4.69) is 10.0 Å². The van der Waals surface area contributed by atoms with Crippen molar-refractivity contribution in [3.05, 3.63) is 29.8 Å². The Bertz CT molecular complexity index is 606. The van der Waals surface area contributed by atoms with Crippen molar-refractivity contribution in [2.45, 2.75) is 30.8 Å². The van der Waals surface area contributed by atoms with E-state index in [1.165, 1.54) is 0 Å². The van der Waals surface area contributed by atoms with Crippen LogP contribution in [0.2, 0.25) is 0 Å². The molecular weight excluding hydrogens is 317 g/mol. The molecule has 0 radical (unpaired) electrons. The minimum atomic E-state index is -4.47. The van der Waals surface area contributed by atoms with Crippen LogP contribution in [0.3, 0.4) is 0 Å². The summed E-state index contributed by atoms with van der Waals surface area (Å²) in [6.07, 6.45) is -2.77. The van der Waals surface area contributed by atoms with Gasteiger partial charge in [0.1, 0.15) is 0 Å². The molecule has 1 aliphatic heterocycles. The Labute approximate surface area is 128 Å². The van der Waals surface area contributed by atoms with Crippen molar-refractivity contribution < 1.29 is 21.6 Å². The first-order valence-corrected chi connectivity index (χ1v) is 8.48. The number of alkyl halides is 3. The van der Waals surface area contributed by atoms with Crippen molar-refractivity contribution in [3.8, 4) is 0 Å². The lowest BCUT2D eigenvalue weighted by atomic mass is 9.81. The molecular formula is C14H19F3N2O2S. The minimum Gasteiger partial charge on any atom is -0.317 e. The van der Waals surface area contributed by atoms with Crippen molar-refractivity contribution in [1.29, 1.82) is 0 Å². The van der Waals surface area contributed by atoms with Crippen LogP contribution in [0.5, 0.6) is 0 Å². The summed E-state index contributed by atoms with van der Waals surface area (Å²) in [6, 6.07) is 3.52. The largest absolute Gasteiger partial charge is 0.416 e. The van der Waals surface area contributed by atoms with Gasteiger partial charge in [0.25, 0.3) is 0 Å². The van der Waals surface area contributed by atoms with E-state index in [9.17, 15) is 21.6 Å². The van der Waals surface area contributed by atoms with E-state index >= 15 is 0 Å². The van der Waals surface area contributed by atoms with E-state index in [4.69, 9.17) is 0 Å². The number of sulfonamides is 1. The molecule has 0 amide bonds. The maximum absolute atomic E-state index is 12.5. The van der Waals surface area contributed by atoms with Gasteiger partial charge in [0.15, 0.2) is 0 Å². The molecule has 0 saturated carbocycles. The molecule has 0 unspecified atom stereocenters. The normalized spacial score (nSPS) is 19.1. The highest BCUT2D eigenvalue weighted by Crippen LogP contribution is 2.30. The molecule has 1 aromatic rings. The van der Waals surface area contributed by atoms with Gasteiger partial charge in [-0.1, -0.05) is 6.92 Å². The molecule has 0 spiro atoms. The van der Waals surface area contributed by atoms with Crippen LogP contribution >= 0.6 is 0 Å². The predicted molar refractivity (Wildman–Crippen MR) is 76.8 cm³/mol. The molecule has 0 aliphatic carbocycles. The third-order valence-electron chi connectivity index (χ3n) is 3.99. The average molecular weight is 336 g/mol. The van der Waals surface area contributed by atoms with Crippen molar-refractivity contribution in [1.82, 2.24) is 10.0 Å². The molecule has 1 aliphatic rings. The summed E-state index contributed by atoms with van der Waals surface area (Å²) in [5.41, 5.74) is -0.999. The van der Waals surface area contributed by atoms with Gasteiger partial charge in [-0.15, -0.1) is 0 Å². The summed E-state index contributed by atoms with van der Waals surface area (Å²) in [5.74, 6) is 0. The van der Waals surface area contributed by atoms with Gasteiger partial charge in [0.05, 0.1) is 10.5 Å². The first kappa shape index (κ1) is 17.2. The van der Waals surface area contributed by atoms with E-state index in [-0.39, 0.29) is 16.9 Å². The lowest BCUT2D eigenvalue weighted by Crippen LogP contribution is -2.42. The SMILES string of the molecule is CC1(CNS(=O)(=O)c2ccc(C(F)(F)F)cc2)CCNCC1. The number of rotatable bonds is 4. The Hall–Kier alpha value is -1.12. The van der Waals surface area contributed by atoms with Gasteiger partial charge >= 0.3 is 6.18 Å². The highest BCUT2D eigenvalue weighted by molar-refractivity contribution is 7.89. The lowest BCUT2D eigenvalue weighted by molar-refractivity contribution is -0.137. The molecule has 2 rings (SSSR count). The van der Waals surface area contributed by atoms with Crippen LogP contribution in [-0.4, -0.2) is 28.1 Å². The zero-order valence-electron chi connectivity index (χ0n) is 12.2. The summed E-state index contributed by atoms with van der Waals surface area (Å²) in [4.78, 5) is -0.155. The molecule has 1 heterocycles. The van der Waals surface area contributed by atoms with Gasteiger partial charge in [-0.2, -0.15) is 13.2 Å². The smallest absolute Gasteiger partial charge is 0.317 e. The molecule has 4 nitrogen and oxygen atoms in total. The number of halogens is 3. The number of piperidine rings is 1. The minimum absolute atomic E-state index is 0.135. The summed E-state index contributed by atoms with van der Waals surface area (Å²) in [6.45, 7) is 3.94. The summed E-state index contributed by atoms with van der Waals surface area (Å²) in [5, 5.41) is 3.21. The molecule has 1 fully saturated rings. The molecule has 0 aromatic heterocycles. The monoisotopic (exact) mass is 336 g/mol. The third kappa shape index (κ3) is 4.21. The fraction of sp³-hybridized carbons (Fsp3) is 0.571. The van der Waals surface area contributed by atoms with Gasteiger partial charge in [0.2, 0.25) is 10.0 Å². The molecule has 8 heteroatoms. The average Bonchev–Trinajstić information content (AvgIpc) is 2.46. The second-order valence-electron chi connectivity index (χ2n) is 5.91. The number of hydrogen-bond donors (Lipinski definition) is 2.